The molecule has 1 aromatic rings. The van der Waals surface area contributed by atoms with Crippen LogP contribution < -0.4 is 5.73 Å². The molecule has 1 aromatic heterocycles. The zero-order valence-electron chi connectivity index (χ0n) is 11.1. The second kappa shape index (κ2) is 5.23. The smallest absolute Gasteiger partial charge is 0.125 e. The van der Waals surface area contributed by atoms with Crippen LogP contribution in [0.5, 0.6) is 0 Å². The molecule has 2 heterocycles. The summed E-state index contributed by atoms with van der Waals surface area (Å²) in [7, 11) is 0. The number of aryl methyl sites for hydroxylation is 1. The van der Waals surface area contributed by atoms with E-state index in [4.69, 9.17) is 10.2 Å². The van der Waals surface area contributed by atoms with E-state index in [1.54, 1.807) is 6.26 Å². The lowest BCUT2D eigenvalue weighted by atomic mass is 9.98. The van der Waals surface area contributed by atoms with Crippen molar-refractivity contribution in [2.24, 2.45) is 5.73 Å². The molecule has 0 radical (unpaired) electrons. The Kier molecular flexibility index (Phi) is 3.89. The predicted molar refractivity (Wildman–Crippen MR) is 69.9 cm³/mol. The first-order chi connectivity index (χ1) is 8.11. The lowest BCUT2D eigenvalue weighted by Gasteiger charge is -2.35. The van der Waals surface area contributed by atoms with Gasteiger partial charge in [0.1, 0.15) is 5.76 Å². The molecule has 2 rings (SSSR count). The Hall–Kier alpha value is -0.800. The van der Waals surface area contributed by atoms with Crippen molar-refractivity contribution in [3.05, 3.63) is 23.7 Å². The molecule has 3 nitrogen and oxygen atoms in total. The molecule has 2 N–H and O–H groups in total. The van der Waals surface area contributed by atoms with E-state index in [-0.39, 0.29) is 12.1 Å². The minimum absolute atomic E-state index is 0.185. The lowest BCUT2D eigenvalue weighted by Crippen LogP contribution is -2.43. The van der Waals surface area contributed by atoms with E-state index < -0.39 is 0 Å². The van der Waals surface area contributed by atoms with Crippen molar-refractivity contribution in [2.45, 2.75) is 58.2 Å². The Bertz CT molecular complexity index is 359. The van der Waals surface area contributed by atoms with Crippen molar-refractivity contribution < 1.29 is 4.42 Å². The number of nitrogens with two attached hydrogens (primary N) is 1. The van der Waals surface area contributed by atoms with Crippen LogP contribution in [-0.4, -0.2) is 23.5 Å². The van der Waals surface area contributed by atoms with Crippen LogP contribution in [0.25, 0.3) is 0 Å². The molecule has 0 aromatic carbocycles. The average Bonchev–Trinajstić information content (AvgIpc) is 2.58. The molecule has 3 heteroatoms. The van der Waals surface area contributed by atoms with E-state index in [1.165, 1.54) is 18.4 Å². The summed E-state index contributed by atoms with van der Waals surface area (Å²) in [4.78, 5) is 2.49. The van der Waals surface area contributed by atoms with Crippen LogP contribution in [0.4, 0.5) is 0 Å². The van der Waals surface area contributed by atoms with Gasteiger partial charge in [0.2, 0.25) is 0 Å². The fourth-order valence-electron chi connectivity index (χ4n) is 2.83. The number of likely N-dealkylation sites (tertiary alicyclic amines) is 1. The molecule has 2 atom stereocenters. The molecule has 0 aliphatic carbocycles. The highest BCUT2D eigenvalue weighted by Crippen LogP contribution is 2.33. The lowest BCUT2D eigenvalue weighted by molar-refractivity contribution is 0.125. The van der Waals surface area contributed by atoms with Crippen molar-refractivity contribution in [1.82, 2.24) is 4.90 Å². The van der Waals surface area contributed by atoms with E-state index in [0.717, 1.165) is 18.7 Å². The average molecular weight is 236 g/mol. The molecule has 1 aliphatic rings. The molecule has 1 saturated heterocycles. The molecule has 0 bridgehead atoms. The van der Waals surface area contributed by atoms with Crippen LogP contribution in [0.3, 0.4) is 0 Å². The predicted octanol–water partition coefficient (Wildman–Crippen LogP) is 2.85. The molecule has 0 spiro atoms. The summed E-state index contributed by atoms with van der Waals surface area (Å²) in [6.07, 6.45) is 5.33. The molecule has 96 valence electrons. The number of furan rings is 1. The van der Waals surface area contributed by atoms with Gasteiger partial charge in [0.15, 0.2) is 0 Å². The molecular formula is C14H24N2O. The van der Waals surface area contributed by atoms with Gasteiger partial charge < -0.3 is 10.2 Å². The standard InChI is InChI=1S/C14H24N2O/c1-10(2)16-8-5-4-6-12(15)13(16)14-11(3)7-9-17-14/h7,9-10,12-13H,4-6,8,15H2,1-3H3. The van der Waals surface area contributed by atoms with Gasteiger partial charge in [-0.25, -0.2) is 0 Å². The monoisotopic (exact) mass is 236 g/mol. The topological polar surface area (TPSA) is 42.4 Å². The third-order valence-corrected chi connectivity index (χ3v) is 3.80. The fourth-order valence-corrected chi connectivity index (χ4v) is 2.83. The van der Waals surface area contributed by atoms with E-state index in [1.807, 2.05) is 6.07 Å². The summed E-state index contributed by atoms with van der Waals surface area (Å²) in [5.74, 6) is 1.06. The normalized spacial score (nSPS) is 27.4. The van der Waals surface area contributed by atoms with Crippen molar-refractivity contribution in [3.63, 3.8) is 0 Å². The highest BCUT2D eigenvalue weighted by atomic mass is 16.3. The van der Waals surface area contributed by atoms with Crippen LogP contribution in [0.1, 0.15) is 50.5 Å². The highest BCUT2D eigenvalue weighted by Gasteiger charge is 2.33. The van der Waals surface area contributed by atoms with Crippen molar-refractivity contribution in [3.8, 4) is 0 Å². The van der Waals surface area contributed by atoms with Crippen molar-refractivity contribution in [2.75, 3.05) is 6.54 Å². The van der Waals surface area contributed by atoms with Crippen LogP contribution in [-0.2, 0) is 0 Å². The summed E-state index contributed by atoms with van der Waals surface area (Å²) in [5, 5.41) is 0. The van der Waals surface area contributed by atoms with Gasteiger partial charge >= 0.3 is 0 Å². The van der Waals surface area contributed by atoms with Gasteiger partial charge in [-0.15, -0.1) is 0 Å². The van der Waals surface area contributed by atoms with Gasteiger partial charge in [-0.2, -0.15) is 0 Å². The van der Waals surface area contributed by atoms with Gasteiger partial charge in [-0.05, 0) is 51.8 Å². The minimum atomic E-state index is 0.185. The Morgan fingerprint density at radius 2 is 2.18 bits per heavy atom. The molecule has 0 amide bonds. The first-order valence-corrected chi connectivity index (χ1v) is 6.66. The van der Waals surface area contributed by atoms with Crippen LogP contribution in [0, 0.1) is 6.92 Å². The molecule has 17 heavy (non-hydrogen) atoms. The SMILES string of the molecule is Cc1ccoc1C1C(N)CCCCN1C(C)C. The van der Waals surface area contributed by atoms with Gasteiger partial charge in [0, 0.05) is 12.1 Å². The molecule has 1 aliphatic heterocycles. The van der Waals surface area contributed by atoms with E-state index in [0.29, 0.717) is 6.04 Å². The summed E-state index contributed by atoms with van der Waals surface area (Å²) in [6, 6.07) is 2.97. The zero-order valence-corrected chi connectivity index (χ0v) is 11.1. The van der Waals surface area contributed by atoms with E-state index in [9.17, 15) is 0 Å². The van der Waals surface area contributed by atoms with Crippen LogP contribution in [0.2, 0.25) is 0 Å². The maximum atomic E-state index is 6.37. The maximum absolute atomic E-state index is 6.37. The van der Waals surface area contributed by atoms with Gasteiger partial charge in [-0.1, -0.05) is 6.42 Å². The van der Waals surface area contributed by atoms with Gasteiger partial charge in [-0.3, -0.25) is 4.90 Å². The Morgan fingerprint density at radius 3 is 2.76 bits per heavy atom. The summed E-state index contributed by atoms with van der Waals surface area (Å²) in [5.41, 5.74) is 7.59. The second-order valence-electron chi connectivity index (χ2n) is 5.40. The van der Waals surface area contributed by atoms with E-state index >= 15 is 0 Å². The maximum Gasteiger partial charge on any atom is 0.125 e. The number of hydrogen-bond acceptors (Lipinski definition) is 3. The van der Waals surface area contributed by atoms with Crippen molar-refractivity contribution >= 4 is 0 Å². The number of nitrogens with zero attached hydrogens (tertiary/aromatic N) is 1. The third kappa shape index (κ3) is 2.55. The first kappa shape index (κ1) is 12.7. The fraction of sp³-hybridized carbons (Fsp3) is 0.714. The Labute approximate surface area is 104 Å². The first-order valence-electron chi connectivity index (χ1n) is 6.66. The molecule has 2 unspecified atom stereocenters. The third-order valence-electron chi connectivity index (χ3n) is 3.80. The summed E-state index contributed by atoms with van der Waals surface area (Å²) >= 11 is 0. The summed E-state index contributed by atoms with van der Waals surface area (Å²) in [6.45, 7) is 7.71. The highest BCUT2D eigenvalue weighted by molar-refractivity contribution is 5.20. The van der Waals surface area contributed by atoms with Crippen molar-refractivity contribution in [1.29, 1.82) is 0 Å². The van der Waals surface area contributed by atoms with Gasteiger partial charge in [0.25, 0.3) is 0 Å². The van der Waals surface area contributed by atoms with Crippen LogP contribution >= 0.6 is 0 Å². The van der Waals surface area contributed by atoms with Gasteiger partial charge in [0.05, 0.1) is 12.3 Å². The molecule has 0 saturated carbocycles. The van der Waals surface area contributed by atoms with Crippen LogP contribution in [0.15, 0.2) is 16.7 Å². The molecule has 1 fully saturated rings. The Balaban J connectivity index is 2.33. The Morgan fingerprint density at radius 1 is 1.41 bits per heavy atom. The second-order valence-corrected chi connectivity index (χ2v) is 5.40. The van der Waals surface area contributed by atoms with E-state index in [2.05, 4.69) is 25.7 Å². The quantitative estimate of drug-likeness (QED) is 0.858. The largest absolute Gasteiger partial charge is 0.467 e. The minimum Gasteiger partial charge on any atom is -0.467 e. The molecular weight excluding hydrogens is 212 g/mol. The number of hydrogen-bond donors (Lipinski definition) is 1. The summed E-state index contributed by atoms with van der Waals surface area (Å²) < 4.78 is 5.69. The zero-order chi connectivity index (χ0) is 12.4. The number of rotatable bonds is 2.